The molecule has 0 radical (unpaired) electrons. The van der Waals surface area contributed by atoms with Crippen molar-refractivity contribution in [2.24, 2.45) is 17.8 Å². The highest BCUT2D eigenvalue weighted by Crippen LogP contribution is 2.52. The molecule has 1 aromatic rings. The van der Waals surface area contributed by atoms with Crippen molar-refractivity contribution in [3.05, 3.63) is 11.7 Å². The molecule has 4 fully saturated rings. The van der Waals surface area contributed by atoms with E-state index < -0.39 is 0 Å². The van der Waals surface area contributed by atoms with E-state index in [1.165, 1.54) is 51.4 Å². The Balaban J connectivity index is 1.26. The third kappa shape index (κ3) is 2.23. The summed E-state index contributed by atoms with van der Waals surface area (Å²) in [6, 6.07) is 1.50. The molecule has 5 rings (SSSR count). The molecule has 4 bridgehead atoms. The number of piperidine rings is 1. The fraction of sp³-hybridized carbons (Fsp3) is 0.882. The zero-order chi connectivity index (χ0) is 13.8. The van der Waals surface area contributed by atoms with Gasteiger partial charge in [-0.25, -0.2) is 0 Å². The predicted octanol–water partition coefficient (Wildman–Crippen LogP) is 3.05. The Morgan fingerprint density at radius 2 is 1.86 bits per heavy atom. The van der Waals surface area contributed by atoms with Crippen molar-refractivity contribution in [1.82, 2.24) is 15.5 Å². The molecule has 1 N–H and O–H groups in total. The summed E-state index contributed by atoms with van der Waals surface area (Å²) in [4.78, 5) is 4.78. The first kappa shape index (κ1) is 12.6. The van der Waals surface area contributed by atoms with Gasteiger partial charge in [-0.05, 0) is 62.7 Å². The van der Waals surface area contributed by atoms with E-state index in [9.17, 15) is 0 Å². The molecule has 4 heteroatoms. The summed E-state index contributed by atoms with van der Waals surface area (Å²) in [6.07, 6.45) is 11.9. The van der Waals surface area contributed by atoms with Crippen molar-refractivity contribution < 1.29 is 4.52 Å². The minimum absolute atomic E-state index is 0.602. The Morgan fingerprint density at radius 3 is 2.57 bits per heavy atom. The molecule has 0 spiro atoms. The second kappa shape index (κ2) is 4.80. The van der Waals surface area contributed by atoms with Crippen LogP contribution >= 0.6 is 0 Å². The average molecular weight is 287 g/mol. The maximum Gasteiger partial charge on any atom is 0.226 e. The van der Waals surface area contributed by atoms with Crippen molar-refractivity contribution in [3.8, 4) is 0 Å². The first-order valence-electron chi connectivity index (χ1n) is 8.92. The van der Waals surface area contributed by atoms with Gasteiger partial charge in [0.25, 0.3) is 0 Å². The molecule has 4 nitrogen and oxygen atoms in total. The van der Waals surface area contributed by atoms with E-state index in [0.29, 0.717) is 5.92 Å². The van der Waals surface area contributed by atoms with Crippen molar-refractivity contribution in [1.29, 1.82) is 0 Å². The summed E-state index contributed by atoms with van der Waals surface area (Å²) in [5.74, 6) is 5.06. The molecule has 4 aliphatic rings. The number of nitrogens with zero attached hydrogens (tertiary/aromatic N) is 2. The number of nitrogens with one attached hydrogen (secondary N) is 1. The van der Waals surface area contributed by atoms with Gasteiger partial charge in [0.05, 0.1) is 0 Å². The van der Waals surface area contributed by atoms with Gasteiger partial charge in [-0.3, -0.25) is 0 Å². The Kier molecular flexibility index (Phi) is 2.89. The third-order valence-corrected chi connectivity index (χ3v) is 6.59. The zero-order valence-electron chi connectivity index (χ0n) is 12.6. The lowest BCUT2D eigenvalue weighted by atomic mass is 9.88. The van der Waals surface area contributed by atoms with Gasteiger partial charge >= 0.3 is 0 Å². The minimum Gasteiger partial charge on any atom is -0.339 e. The van der Waals surface area contributed by atoms with Crippen molar-refractivity contribution >= 4 is 0 Å². The lowest BCUT2D eigenvalue weighted by molar-refractivity contribution is 0.269. The fourth-order valence-electron chi connectivity index (χ4n) is 5.65. The summed E-state index contributed by atoms with van der Waals surface area (Å²) < 4.78 is 5.60. The van der Waals surface area contributed by atoms with Crippen molar-refractivity contribution in [2.75, 3.05) is 0 Å². The van der Waals surface area contributed by atoms with Crippen LogP contribution in [-0.4, -0.2) is 22.2 Å². The maximum atomic E-state index is 5.60. The quantitative estimate of drug-likeness (QED) is 0.928. The molecule has 3 heterocycles. The van der Waals surface area contributed by atoms with E-state index in [2.05, 4.69) is 10.5 Å². The summed E-state index contributed by atoms with van der Waals surface area (Å²) in [5.41, 5.74) is 0. The molecular formula is C17H25N3O. The second-order valence-corrected chi connectivity index (χ2v) is 8.01. The number of aromatic nitrogens is 2. The molecule has 2 saturated heterocycles. The molecule has 5 atom stereocenters. The van der Waals surface area contributed by atoms with Gasteiger partial charge in [-0.1, -0.05) is 11.6 Å². The summed E-state index contributed by atoms with van der Waals surface area (Å²) in [6.45, 7) is 0. The van der Waals surface area contributed by atoms with Crippen LogP contribution in [0.2, 0.25) is 0 Å². The Hall–Kier alpha value is -0.900. The van der Waals surface area contributed by atoms with Crippen LogP contribution < -0.4 is 5.32 Å². The molecule has 0 amide bonds. The van der Waals surface area contributed by atoms with Crippen LogP contribution in [0.3, 0.4) is 0 Å². The van der Waals surface area contributed by atoms with Gasteiger partial charge in [-0.2, -0.15) is 4.98 Å². The first-order valence-corrected chi connectivity index (χ1v) is 8.92. The van der Waals surface area contributed by atoms with Gasteiger partial charge in [0.2, 0.25) is 5.89 Å². The van der Waals surface area contributed by atoms with Crippen LogP contribution in [0.5, 0.6) is 0 Å². The fourth-order valence-corrected chi connectivity index (χ4v) is 5.65. The largest absolute Gasteiger partial charge is 0.339 e. The molecule has 21 heavy (non-hydrogen) atoms. The van der Waals surface area contributed by atoms with Crippen molar-refractivity contribution in [2.45, 2.75) is 75.8 Å². The average Bonchev–Trinajstić information content (AvgIpc) is 3.23. The van der Waals surface area contributed by atoms with Crippen LogP contribution in [0.1, 0.15) is 69.0 Å². The van der Waals surface area contributed by atoms with E-state index >= 15 is 0 Å². The highest BCUT2D eigenvalue weighted by Gasteiger charge is 2.42. The topological polar surface area (TPSA) is 51.0 Å². The highest BCUT2D eigenvalue weighted by molar-refractivity contribution is 5.07. The van der Waals surface area contributed by atoms with Crippen LogP contribution in [0.4, 0.5) is 0 Å². The second-order valence-electron chi connectivity index (χ2n) is 8.01. The Labute approximate surface area is 126 Å². The maximum absolute atomic E-state index is 5.60. The molecule has 2 aliphatic carbocycles. The third-order valence-electron chi connectivity index (χ3n) is 6.59. The predicted molar refractivity (Wildman–Crippen MR) is 78.9 cm³/mol. The van der Waals surface area contributed by atoms with Crippen LogP contribution in [0.25, 0.3) is 0 Å². The Bertz CT molecular complexity index is 516. The van der Waals surface area contributed by atoms with E-state index in [0.717, 1.165) is 48.0 Å². The summed E-state index contributed by atoms with van der Waals surface area (Å²) in [7, 11) is 0. The lowest BCUT2D eigenvalue weighted by Crippen LogP contribution is -2.38. The van der Waals surface area contributed by atoms with Crippen LogP contribution in [0, 0.1) is 17.8 Å². The SMILES string of the molecule is C1CC2CC1CC2c1noc(CC2CC3CCC(C2)N3)n1. The lowest BCUT2D eigenvalue weighted by Gasteiger charge is -2.28. The normalized spacial score (nSPS) is 44.6. The van der Waals surface area contributed by atoms with Gasteiger partial charge in [0.1, 0.15) is 0 Å². The number of hydrogen-bond donors (Lipinski definition) is 1. The summed E-state index contributed by atoms with van der Waals surface area (Å²) >= 11 is 0. The molecule has 5 unspecified atom stereocenters. The van der Waals surface area contributed by atoms with E-state index in [1.807, 2.05) is 0 Å². The summed E-state index contributed by atoms with van der Waals surface area (Å²) in [5, 5.41) is 8.04. The molecular weight excluding hydrogens is 262 g/mol. The number of rotatable bonds is 3. The molecule has 114 valence electrons. The highest BCUT2D eigenvalue weighted by atomic mass is 16.5. The molecule has 2 saturated carbocycles. The van der Waals surface area contributed by atoms with Crippen LogP contribution in [0.15, 0.2) is 4.52 Å². The van der Waals surface area contributed by atoms with E-state index in [-0.39, 0.29) is 0 Å². The van der Waals surface area contributed by atoms with Crippen LogP contribution in [-0.2, 0) is 6.42 Å². The zero-order valence-corrected chi connectivity index (χ0v) is 12.6. The van der Waals surface area contributed by atoms with Gasteiger partial charge in [-0.15, -0.1) is 0 Å². The standard InChI is InChI=1S/C17H25N3O/c1-2-12-5-10(1)8-15(12)17-19-16(21-20-17)9-11-6-13-3-4-14(7-11)18-13/h10-15,18H,1-9H2. The van der Waals surface area contributed by atoms with E-state index in [4.69, 9.17) is 9.51 Å². The minimum atomic E-state index is 0.602. The monoisotopic (exact) mass is 287 g/mol. The van der Waals surface area contributed by atoms with Gasteiger partial charge < -0.3 is 9.84 Å². The molecule has 1 aromatic heterocycles. The smallest absolute Gasteiger partial charge is 0.226 e. The Morgan fingerprint density at radius 1 is 1.00 bits per heavy atom. The number of hydrogen-bond acceptors (Lipinski definition) is 4. The number of fused-ring (bicyclic) bond motifs is 4. The van der Waals surface area contributed by atoms with Gasteiger partial charge in [0, 0.05) is 24.4 Å². The van der Waals surface area contributed by atoms with Gasteiger partial charge in [0.15, 0.2) is 5.82 Å². The molecule has 2 aliphatic heterocycles. The first-order chi connectivity index (χ1) is 10.3. The van der Waals surface area contributed by atoms with E-state index in [1.54, 1.807) is 0 Å². The van der Waals surface area contributed by atoms with Crippen molar-refractivity contribution in [3.63, 3.8) is 0 Å². The molecule has 0 aromatic carbocycles.